The third kappa shape index (κ3) is 2.73. The maximum Gasteiger partial charge on any atom is 0.167 e. The van der Waals surface area contributed by atoms with Gasteiger partial charge in [0.2, 0.25) is 0 Å². The molecule has 1 N–H and O–H groups in total. The lowest BCUT2D eigenvalue weighted by atomic mass is 10.5. The van der Waals surface area contributed by atoms with Gasteiger partial charge < -0.3 is 4.98 Å². The minimum absolute atomic E-state index is 0.836. The van der Waals surface area contributed by atoms with Gasteiger partial charge in [-0.2, -0.15) is 0 Å². The number of thioether (sulfide) groups is 1. The number of H-pyrrole nitrogens is 1. The van der Waals surface area contributed by atoms with Crippen LogP contribution in [0.5, 0.6) is 0 Å². The number of nitrogens with zero attached hydrogens (tertiary/aromatic N) is 2. The quantitative estimate of drug-likeness (QED) is 0.806. The molecule has 0 spiro atoms. The Morgan fingerprint density at radius 1 is 1.38 bits per heavy atom. The summed E-state index contributed by atoms with van der Waals surface area (Å²) in [5, 5.41) is 9.94. The zero-order valence-electron chi connectivity index (χ0n) is 8.03. The van der Waals surface area contributed by atoms with Gasteiger partial charge in [-0.05, 0) is 26.2 Å². The fraction of sp³-hybridized carbons (Fsp3) is 0.333. The molecule has 0 aromatic carbocycles. The topological polar surface area (TPSA) is 41.6 Å². The lowest BCUT2D eigenvalue weighted by Crippen LogP contribution is -1.81. The Balaban J connectivity index is 2.79. The van der Waals surface area contributed by atoms with Crippen LogP contribution in [0.25, 0.3) is 4.91 Å². The molecule has 0 fully saturated rings. The fourth-order valence-electron chi connectivity index (χ4n) is 0.859. The summed E-state index contributed by atoms with van der Waals surface area (Å²) in [5.41, 5.74) is 0. The normalized spacial score (nSPS) is 12.7. The highest BCUT2D eigenvalue weighted by Gasteiger charge is 2.03. The number of aromatic amines is 1. The van der Waals surface area contributed by atoms with Crippen LogP contribution in [-0.2, 0) is 0 Å². The van der Waals surface area contributed by atoms with Gasteiger partial charge in [0, 0.05) is 0 Å². The van der Waals surface area contributed by atoms with Crippen molar-refractivity contribution in [3.8, 4) is 0 Å². The Kier molecular flexibility index (Phi) is 3.76. The zero-order valence-corrected chi connectivity index (χ0v) is 8.85. The molecule has 1 heterocycles. The van der Waals surface area contributed by atoms with Gasteiger partial charge in [0.15, 0.2) is 5.82 Å². The van der Waals surface area contributed by atoms with Crippen LogP contribution in [0.1, 0.15) is 25.5 Å². The first kappa shape index (κ1) is 10.1. The van der Waals surface area contributed by atoms with E-state index in [-0.39, 0.29) is 0 Å². The molecule has 1 aromatic heterocycles. The number of aromatic nitrogens is 3. The molecule has 4 heteroatoms. The number of allylic oxidation sites excluding steroid dienone is 2. The second-order valence-corrected chi connectivity index (χ2v) is 3.45. The van der Waals surface area contributed by atoms with Gasteiger partial charge >= 0.3 is 0 Å². The Labute approximate surface area is 82.3 Å². The van der Waals surface area contributed by atoms with E-state index in [4.69, 9.17) is 0 Å². The van der Waals surface area contributed by atoms with E-state index in [2.05, 4.69) is 15.2 Å². The molecule has 1 rings (SSSR count). The van der Waals surface area contributed by atoms with Crippen LogP contribution in [0.4, 0.5) is 0 Å². The van der Waals surface area contributed by atoms with Crippen molar-refractivity contribution in [1.29, 1.82) is 0 Å². The molecule has 0 aliphatic rings. The Hall–Kier alpha value is -1.03. The second-order valence-electron chi connectivity index (χ2n) is 2.50. The molecule has 0 aliphatic carbocycles. The van der Waals surface area contributed by atoms with Gasteiger partial charge in [0.25, 0.3) is 0 Å². The molecule has 0 bridgehead atoms. The Bertz CT molecular complexity index is 325. The van der Waals surface area contributed by atoms with E-state index in [0.29, 0.717) is 0 Å². The van der Waals surface area contributed by atoms with Crippen molar-refractivity contribution in [2.75, 3.05) is 0 Å². The lowest BCUT2D eigenvalue weighted by molar-refractivity contribution is 1.03. The van der Waals surface area contributed by atoms with Crippen molar-refractivity contribution in [2.24, 2.45) is 0 Å². The number of hydrogen-bond donors (Lipinski definition) is 1. The standard InChI is InChI=1S/C9H13N3S/c1-4-6-13-8(5-2)9-10-7(3)11-12-9/h4-6H,1-3H3,(H,10,11,12)/b6-4-,8-5-. The molecule has 0 saturated heterocycles. The highest BCUT2D eigenvalue weighted by Crippen LogP contribution is 2.25. The maximum atomic E-state index is 4.01. The van der Waals surface area contributed by atoms with Crippen molar-refractivity contribution < 1.29 is 0 Å². The van der Waals surface area contributed by atoms with Gasteiger partial charge in [-0.1, -0.05) is 23.9 Å². The molecule has 1 aromatic rings. The Morgan fingerprint density at radius 2 is 2.15 bits per heavy atom. The molecule has 0 unspecified atom stereocenters. The van der Waals surface area contributed by atoms with E-state index < -0.39 is 0 Å². The monoisotopic (exact) mass is 195 g/mol. The average molecular weight is 195 g/mol. The molecule has 0 amide bonds. The predicted molar refractivity (Wildman–Crippen MR) is 57.2 cm³/mol. The Morgan fingerprint density at radius 3 is 2.62 bits per heavy atom. The predicted octanol–water partition coefficient (Wildman–Crippen LogP) is 2.74. The minimum Gasteiger partial charge on any atom is -0.325 e. The van der Waals surface area contributed by atoms with E-state index in [1.165, 1.54) is 0 Å². The van der Waals surface area contributed by atoms with Crippen LogP contribution in [-0.4, -0.2) is 15.2 Å². The minimum atomic E-state index is 0.836. The SMILES string of the molecule is C/C=C\S/C(=C\C)c1nnc(C)[nH]1. The number of aryl methyl sites for hydroxylation is 1. The molecule has 0 aliphatic heterocycles. The second kappa shape index (κ2) is 4.87. The molecule has 70 valence electrons. The first-order valence-electron chi connectivity index (χ1n) is 4.11. The smallest absolute Gasteiger partial charge is 0.167 e. The molecular weight excluding hydrogens is 182 g/mol. The van der Waals surface area contributed by atoms with Crippen LogP contribution in [0.2, 0.25) is 0 Å². The average Bonchev–Trinajstić information content (AvgIpc) is 2.54. The van der Waals surface area contributed by atoms with Crippen LogP contribution >= 0.6 is 11.8 Å². The summed E-state index contributed by atoms with van der Waals surface area (Å²) in [6.45, 7) is 5.87. The number of nitrogens with one attached hydrogen (secondary N) is 1. The van der Waals surface area contributed by atoms with Crippen molar-refractivity contribution >= 4 is 16.7 Å². The molecule has 0 atom stereocenters. The van der Waals surface area contributed by atoms with Crippen molar-refractivity contribution in [3.63, 3.8) is 0 Å². The summed E-state index contributed by atoms with van der Waals surface area (Å²) in [6, 6.07) is 0. The van der Waals surface area contributed by atoms with Crippen LogP contribution in [0.3, 0.4) is 0 Å². The summed E-state index contributed by atoms with van der Waals surface area (Å²) < 4.78 is 0. The number of rotatable bonds is 3. The molecule has 3 nitrogen and oxygen atoms in total. The highest BCUT2D eigenvalue weighted by atomic mass is 32.2. The van der Waals surface area contributed by atoms with E-state index in [1.807, 2.05) is 38.3 Å². The van der Waals surface area contributed by atoms with Crippen molar-refractivity contribution in [3.05, 3.63) is 29.2 Å². The summed E-state index contributed by atoms with van der Waals surface area (Å²) in [7, 11) is 0. The summed E-state index contributed by atoms with van der Waals surface area (Å²) >= 11 is 1.63. The summed E-state index contributed by atoms with van der Waals surface area (Å²) in [6.07, 6.45) is 4.02. The van der Waals surface area contributed by atoms with E-state index in [0.717, 1.165) is 16.6 Å². The summed E-state index contributed by atoms with van der Waals surface area (Å²) in [5.74, 6) is 1.68. The van der Waals surface area contributed by atoms with Gasteiger partial charge in [0.1, 0.15) is 5.82 Å². The van der Waals surface area contributed by atoms with Crippen LogP contribution in [0.15, 0.2) is 17.6 Å². The van der Waals surface area contributed by atoms with E-state index in [9.17, 15) is 0 Å². The number of hydrogen-bond acceptors (Lipinski definition) is 3. The zero-order chi connectivity index (χ0) is 9.68. The van der Waals surface area contributed by atoms with Crippen molar-refractivity contribution in [1.82, 2.24) is 15.2 Å². The largest absolute Gasteiger partial charge is 0.325 e. The molecule has 13 heavy (non-hydrogen) atoms. The van der Waals surface area contributed by atoms with Gasteiger partial charge in [-0.15, -0.1) is 10.2 Å². The third-order valence-electron chi connectivity index (χ3n) is 1.43. The third-order valence-corrected chi connectivity index (χ3v) is 2.52. The van der Waals surface area contributed by atoms with E-state index in [1.54, 1.807) is 11.8 Å². The van der Waals surface area contributed by atoms with Gasteiger partial charge in [0.05, 0.1) is 4.91 Å². The maximum absolute atomic E-state index is 4.01. The highest BCUT2D eigenvalue weighted by molar-refractivity contribution is 8.10. The van der Waals surface area contributed by atoms with Crippen molar-refractivity contribution in [2.45, 2.75) is 20.8 Å². The molecule has 0 saturated carbocycles. The van der Waals surface area contributed by atoms with Crippen LogP contribution in [0, 0.1) is 6.92 Å². The lowest BCUT2D eigenvalue weighted by Gasteiger charge is -1.96. The molecule has 0 radical (unpaired) electrons. The van der Waals surface area contributed by atoms with Crippen LogP contribution < -0.4 is 0 Å². The fourth-order valence-corrected chi connectivity index (χ4v) is 1.48. The first-order valence-corrected chi connectivity index (χ1v) is 4.99. The van der Waals surface area contributed by atoms with E-state index >= 15 is 0 Å². The summed E-state index contributed by atoms with van der Waals surface area (Å²) in [4.78, 5) is 4.19. The van der Waals surface area contributed by atoms with Gasteiger partial charge in [-0.25, -0.2) is 0 Å². The molecular formula is C9H13N3S. The van der Waals surface area contributed by atoms with Gasteiger partial charge in [-0.3, -0.25) is 0 Å². The first-order chi connectivity index (χ1) is 6.27.